The van der Waals surface area contributed by atoms with Crippen LogP contribution < -0.4 is 4.74 Å². The smallest absolute Gasteiger partial charge is 0.310 e. The molecule has 1 aliphatic heterocycles. The maximum atomic E-state index is 12.7. The highest BCUT2D eigenvalue weighted by molar-refractivity contribution is 9.10. The maximum absolute atomic E-state index is 12.7. The number of methoxy groups -OCH3 is 2. The summed E-state index contributed by atoms with van der Waals surface area (Å²) in [6, 6.07) is 4.80. The highest BCUT2D eigenvalue weighted by Gasteiger charge is 2.37. The zero-order chi connectivity index (χ0) is 15.6. The number of sulfonamides is 1. The van der Waals surface area contributed by atoms with Crippen molar-refractivity contribution in [2.45, 2.75) is 11.3 Å². The van der Waals surface area contributed by atoms with Crippen LogP contribution in [0.2, 0.25) is 0 Å². The van der Waals surface area contributed by atoms with E-state index in [1.54, 1.807) is 12.1 Å². The number of rotatable bonds is 4. The molecule has 0 N–H and O–H groups in total. The van der Waals surface area contributed by atoms with Gasteiger partial charge in [-0.3, -0.25) is 4.79 Å². The van der Waals surface area contributed by atoms with E-state index in [0.29, 0.717) is 10.9 Å². The third kappa shape index (κ3) is 3.22. The van der Waals surface area contributed by atoms with Gasteiger partial charge in [-0.25, -0.2) is 8.42 Å². The SMILES string of the molecule is COC(=O)C1CCN(S(=O)(=O)c2cc(Br)ccc2OC)C1. The van der Waals surface area contributed by atoms with E-state index >= 15 is 0 Å². The Labute approximate surface area is 132 Å². The molecule has 1 atom stereocenters. The van der Waals surface area contributed by atoms with Crippen LogP contribution >= 0.6 is 15.9 Å². The van der Waals surface area contributed by atoms with E-state index in [4.69, 9.17) is 4.74 Å². The van der Waals surface area contributed by atoms with Gasteiger partial charge in [-0.05, 0) is 24.6 Å². The van der Waals surface area contributed by atoms with Gasteiger partial charge in [0.25, 0.3) is 0 Å². The van der Waals surface area contributed by atoms with Gasteiger partial charge in [-0.2, -0.15) is 4.31 Å². The first-order chi connectivity index (χ1) is 9.90. The maximum Gasteiger partial charge on any atom is 0.310 e. The number of esters is 1. The number of hydrogen-bond donors (Lipinski definition) is 0. The molecular formula is C13H16BrNO5S. The highest BCUT2D eigenvalue weighted by Crippen LogP contribution is 2.32. The third-order valence-corrected chi connectivity index (χ3v) is 5.81. The first-order valence-corrected chi connectivity index (χ1v) is 8.55. The monoisotopic (exact) mass is 377 g/mol. The normalized spacial score (nSPS) is 19.5. The van der Waals surface area contributed by atoms with Crippen molar-refractivity contribution < 1.29 is 22.7 Å². The molecule has 0 saturated carbocycles. The first-order valence-electron chi connectivity index (χ1n) is 6.31. The van der Waals surface area contributed by atoms with Crippen molar-refractivity contribution in [2.75, 3.05) is 27.3 Å². The number of halogens is 1. The van der Waals surface area contributed by atoms with Gasteiger partial charge in [0.05, 0.1) is 20.1 Å². The Morgan fingerprint density at radius 2 is 2.10 bits per heavy atom. The number of nitrogens with zero attached hydrogens (tertiary/aromatic N) is 1. The molecule has 1 aromatic rings. The number of hydrogen-bond acceptors (Lipinski definition) is 5. The lowest BCUT2D eigenvalue weighted by atomic mass is 10.1. The lowest BCUT2D eigenvalue weighted by Crippen LogP contribution is -2.30. The van der Waals surface area contributed by atoms with Gasteiger partial charge in [0, 0.05) is 17.6 Å². The van der Waals surface area contributed by atoms with E-state index in [1.807, 2.05) is 0 Å². The zero-order valence-electron chi connectivity index (χ0n) is 11.7. The van der Waals surface area contributed by atoms with Gasteiger partial charge in [-0.15, -0.1) is 0 Å². The predicted octanol–water partition coefficient (Wildman–Crippen LogP) is 1.64. The van der Waals surface area contributed by atoms with E-state index in [-0.39, 0.29) is 29.7 Å². The minimum Gasteiger partial charge on any atom is -0.495 e. The van der Waals surface area contributed by atoms with E-state index in [9.17, 15) is 13.2 Å². The average Bonchev–Trinajstić information content (AvgIpc) is 2.97. The zero-order valence-corrected chi connectivity index (χ0v) is 14.1. The lowest BCUT2D eigenvalue weighted by Gasteiger charge is -2.18. The molecule has 2 rings (SSSR count). The summed E-state index contributed by atoms with van der Waals surface area (Å²) in [4.78, 5) is 11.6. The quantitative estimate of drug-likeness (QED) is 0.745. The summed E-state index contributed by atoms with van der Waals surface area (Å²) in [7, 11) is -0.986. The summed E-state index contributed by atoms with van der Waals surface area (Å²) in [5, 5.41) is 0. The Morgan fingerprint density at radius 1 is 1.38 bits per heavy atom. The van der Waals surface area contributed by atoms with Gasteiger partial charge < -0.3 is 9.47 Å². The molecule has 0 radical (unpaired) electrons. The van der Waals surface area contributed by atoms with E-state index in [1.165, 1.54) is 24.6 Å². The van der Waals surface area contributed by atoms with E-state index in [2.05, 4.69) is 20.7 Å². The largest absolute Gasteiger partial charge is 0.495 e. The highest BCUT2D eigenvalue weighted by atomic mass is 79.9. The Morgan fingerprint density at radius 3 is 2.71 bits per heavy atom. The summed E-state index contributed by atoms with van der Waals surface area (Å²) in [6.45, 7) is 0.419. The van der Waals surface area contributed by atoms with Crippen LogP contribution in [0.4, 0.5) is 0 Å². The van der Waals surface area contributed by atoms with Gasteiger partial charge in [0.2, 0.25) is 10.0 Å². The van der Waals surface area contributed by atoms with Gasteiger partial charge in [-0.1, -0.05) is 15.9 Å². The molecule has 1 saturated heterocycles. The Hall–Kier alpha value is -1.12. The minimum atomic E-state index is -3.71. The topological polar surface area (TPSA) is 72.9 Å². The first kappa shape index (κ1) is 16.3. The standard InChI is InChI=1S/C13H16BrNO5S/c1-19-11-4-3-10(14)7-12(11)21(17,18)15-6-5-9(8-15)13(16)20-2/h3-4,7,9H,5-6,8H2,1-2H3. The molecule has 0 spiro atoms. The lowest BCUT2D eigenvalue weighted by molar-refractivity contribution is -0.144. The molecule has 1 heterocycles. The van der Waals surface area contributed by atoms with Crippen LogP contribution in [0.15, 0.2) is 27.6 Å². The molecular weight excluding hydrogens is 362 g/mol. The molecule has 1 unspecified atom stereocenters. The van der Waals surface area contributed by atoms with Crippen molar-refractivity contribution in [3.8, 4) is 5.75 Å². The number of benzene rings is 1. The second-order valence-electron chi connectivity index (χ2n) is 4.67. The molecule has 116 valence electrons. The van der Waals surface area contributed by atoms with E-state index < -0.39 is 15.9 Å². The predicted molar refractivity (Wildman–Crippen MR) is 79.6 cm³/mol. The van der Waals surface area contributed by atoms with Crippen molar-refractivity contribution in [2.24, 2.45) is 5.92 Å². The van der Waals surface area contributed by atoms with Crippen LogP contribution in [0.25, 0.3) is 0 Å². The van der Waals surface area contributed by atoms with Crippen molar-refractivity contribution in [1.82, 2.24) is 4.31 Å². The fourth-order valence-electron chi connectivity index (χ4n) is 2.30. The second-order valence-corrected chi connectivity index (χ2v) is 7.49. The molecule has 0 amide bonds. The van der Waals surface area contributed by atoms with Gasteiger partial charge in [0.15, 0.2) is 0 Å². The average molecular weight is 378 g/mol. The number of carbonyl (C=O) groups is 1. The van der Waals surface area contributed by atoms with Crippen LogP contribution in [0.1, 0.15) is 6.42 Å². The molecule has 1 fully saturated rings. The van der Waals surface area contributed by atoms with Crippen molar-refractivity contribution in [3.63, 3.8) is 0 Å². The Kier molecular flexibility index (Phi) is 4.90. The molecule has 0 aliphatic carbocycles. The van der Waals surface area contributed by atoms with Crippen molar-refractivity contribution in [1.29, 1.82) is 0 Å². The number of carbonyl (C=O) groups excluding carboxylic acids is 1. The molecule has 0 bridgehead atoms. The fraction of sp³-hybridized carbons (Fsp3) is 0.462. The second kappa shape index (κ2) is 6.33. The molecule has 0 aromatic heterocycles. The van der Waals surface area contributed by atoms with Crippen LogP contribution in [0, 0.1) is 5.92 Å². The molecule has 1 aliphatic rings. The number of ether oxygens (including phenoxy) is 2. The summed E-state index contributed by atoms with van der Waals surface area (Å²) in [6.07, 6.45) is 0.461. The van der Waals surface area contributed by atoms with Crippen LogP contribution in [0.3, 0.4) is 0 Å². The summed E-state index contributed by atoms with van der Waals surface area (Å²) < 4.78 is 37.1. The van der Waals surface area contributed by atoms with Crippen LogP contribution in [-0.4, -0.2) is 46.0 Å². The van der Waals surface area contributed by atoms with Crippen molar-refractivity contribution in [3.05, 3.63) is 22.7 Å². The van der Waals surface area contributed by atoms with Crippen LogP contribution in [-0.2, 0) is 19.6 Å². The Bertz CT molecular complexity index is 646. The molecule has 21 heavy (non-hydrogen) atoms. The molecule has 6 nitrogen and oxygen atoms in total. The molecule has 1 aromatic carbocycles. The Balaban J connectivity index is 2.31. The fourth-order valence-corrected chi connectivity index (χ4v) is 4.49. The summed E-state index contributed by atoms with van der Waals surface area (Å²) in [5.74, 6) is -0.517. The third-order valence-electron chi connectivity index (χ3n) is 3.43. The van der Waals surface area contributed by atoms with Crippen molar-refractivity contribution >= 4 is 31.9 Å². The van der Waals surface area contributed by atoms with E-state index in [0.717, 1.165) is 0 Å². The minimum absolute atomic E-state index is 0.0879. The van der Waals surface area contributed by atoms with Crippen LogP contribution in [0.5, 0.6) is 5.75 Å². The van der Waals surface area contributed by atoms with Gasteiger partial charge in [0.1, 0.15) is 10.6 Å². The summed E-state index contributed by atoms with van der Waals surface area (Å²) >= 11 is 3.26. The molecule has 8 heteroatoms. The van der Waals surface area contributed by atoms with Gasteiger partial charge >= 0.3 is 5.97 Å². The summed E-state index contributed by atoms with van der Waals surface area (Å²) in [5.41, 5.74) is 0.